The monoisotopic (exact) mass is 528 g/mol. The second-order valence-corrected chi connectivity index (χ2v) is 11.7. The van der Waals surface area contributed by atoms with Gasteiger partial charge in [-0.3, -0.25) is 9.36 Å². The highest BCUT2D eigenvalue weighted by Crippen LogP contribution is 2.39. The van der Waals surface area contributed by atoms with E-state index in [2.05, 4.69) is 63.5 Å². The summed E-state index contributed by atoms with van der Waals surface area (Å²) in [6.07, 6.45) is 8.32. The maximum atomic E-state index is 13.6. The van der Waals surface area contributed by atoms with Crippen LogP contribution in [0, 0.1) is 0 Å². The molecule has 1 saturated heterocycles. The van der Waals surface area contributed by atoms with E-state index in [4.69, 9.17) is 4.98 Å². The SMILES string of the molecule is CCn1c(=O)c(-c2ccc(C3CCCCC3)s2)cc2cnc(Nc3ccc(N4CCN(C)CC4)cc3)nc21. The largest absolute Gasteiger partial charge is 0.369 e. The molecule has 4 heterocycles. The quantitative estimate of drug-likeness (QED) is 0.327. The normalized spacial score (nSPS) is 17.3. The number of fused-ring (bicyclic) bond motifs is 1. The number of likely N-dealkylation sites (N-methyl/N-ethyl adjacent to an activating group) is 1. The zero-order chi connectivity index (χ0) is 26.1. The molecule has 0 bridgehead atoms. The van der Waals surface area contributed by atoms with E-state index in [9.17, 15) is 4.79 Å². The molecule has 3 aromatic heterocycles. The van der Waals surface area contributed by atoms with Crippen molar-refractivity contribution in [1.82, 2.24) is 19.4 Å². The zero-order valence-electron chi connectivity index (χ0n) is 22.3. The fourth-order valence-corrected chi connectivity index (χ4v) is 6.93. The van der Waals surface area contributed by atoms with Gasteiger partial charge in [-0.25, -0.2) is 4.98 Å². The molecular formula is C30H36N6OS. The number of nitrogens with one attached hydrogen (secondary N) is 1. The Bertz CT molecular complexity index is 1460. The van der Waals surface area contributed by atoms with Gasteiger partial charge >= 0.3 is 0 Å². The van der Waals surface area contributed by atoms with Gasteiger partial charge in [-0.1, -0.05) is 19.3 Å². The van der Waals surface area contributed by atoms with Crippen molar-refractivity contribution in [3.63, 3.8) is 0 Å². The summed E-state index contributed by atoms with van der Waals surface area (Å²) in [7, 11) is 2.17. The van der Waals surface area contributed by atoms with Crippen molar-refractivity contribution < 1.29 is 0 Å². The van der Waals surface area contributed by atoms with Crippen molar-refractivity contribution in [3.05, 3.63) is 63.9 Å². The van der Waals surface area contributed by atoms with Crippen molar-refractivity contribution in [1.29, 1.82) is 0 Å². The summed E-state index contributed by atoms with van der Waals surface area (Å²) in [5.74, 6) is 1.14. The number of pyridine rings is 1. The van der Waals surface area contributed by atoms with Crippen LogP contribution < -0.4 is 15.8 Å². The van der Waals surface area contributed by atoms with Crippen LogP contribution in [0.2, 0.25) is 0 Å². The predicted molar refractivity (Wildman–Crippen MR) is 158 cm³/mol. The number of hydrogen-bond acceptors (Lipinski definition) is 7. The van der Waals surface area contributed by atoms with Crippen LogP contribution in [0.5, 0.6) is 0 Å². The molecule has 0 unspecified atom stereocenters. The molecule has 1 N–H and O–H groups in total. The predicted octanol–water partition coefficient (Wildman–Crippen LogP) is 6.08. The highest BCUT2D eigenvalue weighted by atomic mass is 32.1. The molecule has 198 valence electrons. The molecule has 8 heteroatoms. The van der Waals surface area contributed by atoms with Gasteiger partial charge < -0.3 is 15.1 Å². The maximum Gasteiger partial charge on any atom is 0.260 e. The molecular weight excluding hydrogens is 492 g/mol. The number of benzene rings is 1. The van der Waals surface area contributed by atoms with E-state index in [-0.39, 0.29) is 5.56 Å². The molecule has 0 atom stereocenters. The number of hydrogen-bond donors (Lipinski definition) is 1. The lowest BCUT2D eigenvalue weighted by Crippen LogP contribution is -2.44. The third kappa shape index (κ3) is 5.07. The molecule has 0 spiro atoms. The number of piperazine rings is 1. The second kappa shape index (κ2) is 10.9. The minimum absolute atomic E-state index is 0.0122. The van der Waals surface area contributed by atoms with Crippen LogP contribution in [-0.4, -0.2) is 52.7 Å². The number of nitrogens with zero attached hydrogens (tertiary/aromatic N) is 5. The van der Waals surface area contributed by atoms with Crippen molar-refractivity contribution in [2.75, 3.05) is 43.4 Å². The van der Waals surface area contributed by atoms with Crippen LogP contribution in [0.15, 0.2) is 53.5 Å². The Kier molecular flexibility index (Phi) is 7.17. The lowest BCUT2D eigenvalue weighted by Gasteiger charge is -2.34. The Labute approximate surface area is 228 Å². The van der Waals surface area contributed by atoms with E-state index in [1.165, 1.54) is 42.7 Å². The van der Waals surface area contributed by atoms with Crippen LogP contribution in [0.3, 0.4) is 0 Å². The highest BCUT2D eigenvalue weighted by Gasteiger charge is 2.20. The summed E-state index contributed by atoms with van der Waals surface area (Å²) in [4.78, 5) is 30.1. The molecule has 1 saturated carbocycles. The van der Waals surface area contributed by atoms with Crippen LogP contribution in [0.4, 0.5) is 17.3 Å². The Morgan fingerprint density at radius 2 is 1.76 bits per heavy atom. The van der Waals surface area contributed by atoms with E-state index in [0.29, 0.717) is 24.1 Å². The van der Waals surface area contributed by atoms with E-state index in [0.717, 1.165) is 47.7 Å². The Morgan fingerprint density at radius 3 is 2.50 bits per heavy atom. The summed E-state index contributed by atoms with van der Waals surface area (Å²) in [5, 5.41) is 4.21. The first kappa shape index (κ1) is 25.1. The fourth-order valence-electron chi connectivity index (χ4n) is 5.74. The fraction of sp³-hybridized carbons (Fsp3) is 0.433. The molecule has 2 fully saturated rings. The summed E-state index contributed by atoms with van der Waals surface area (Å²) < 4.78 is 1.77. The summed E-state index contributed by atoms with van der Waals surface area (Å²) >= 11 is 1.78. The first-order valence-corrected chi connectivity index (χ1v) is 14.7. The summed E-state index contributed by atoms with van der Waals surface area (Å²) in [5.41, 5.74) is 3.58. The average molecular weight is 529 g/mol. The number of aromatic nitrogens is 3. The van der Waals surface area contributed by atoms with Crippen LogP contribution in [0.1, 0.15) is 49.8 Å². The molecule has 7 nitrogen and oxygen atoms in total. The third-order valence-corrected chi connectivity index (χ3v) is 9.32. The van der Waals surface area contributed by atoms with Gasteiger partial charge in [0.15, 0.2) is 0 Å². The van der Waals surface area contributed by atoms with E-state index < -0.39 is 0 Å². The topological polar surface area (TPSA) is 66.3 Å². The standard InChI is InChI=1S/C30H36N6OS/c1-3-36-28-22(19-25(29(36)37)27-14-13-26(38-27)21-7-5-4-6-8-21)20-31-30(33-28)32-23-9-11-24(12-10-23)35-17-15-34(2)16-18-35/h9-14,19-21H,3-8,15-18H2,1-2H3,(H,31,32,33). The van der Waals surface area contributed by atoms with Gasteiger partial charge in [-0.05, 0) is 75.2 Å². The molecule has 1 aliphatic carbocycles. The molecule has 0 amide bonds. The molecule has 1 aliphatic heterocycles. The Morgan fingerprint density at radius 1 is 1.00 bits per heavy atom. The minimum Gasteiger partial charge on any atom is -0.369 e. The van der Waals surface area contributed by atoms with Crippen LogP contribution in [-0.2, 0) is 6.54 Å². The Balaban J connectivity index is 1.25. The lowest BCUT2D eigenvalue weighted by molar-refractivity contribution is 0.313. The zero-order valence-corrected chi connectivity index (χ0v) is 23.1. The number of rotatable bonds is 6. The molecule has 4 aromatic rings. The minimum atomic E-state index is 0.0122. The van der Waals surface area contributed by atoms with Gasteiger partial charge in [0.2, 0.25) is 5.95 Å². The van der Waals surface area contributed by atoms with Gasteiger partial charge in [0.05, 0.1) is 5.56 Å². The van der Waals surface area contributed by atoms with Crippen molar-refractivity contribution in [2.24, 2.45) is 0 Å². The second-order valence-electron chi connectivity index (χ2n) is 10.6. The highest BCUT2D eigenvalue weighted by molar-refractivity contribution is 7.15. The first-order chi connectivity index (χ1) is 18.6. The van der Waals surface area contributed by atoms with Gasteiger partial charge in [-0.15, -0.1) is 11.3 Å². The first-order valence-electron chi connectivity index (χ1n) is 13.9. The number of anilines is 3. The van der Waals surface area contributed by atoms with Crippen LogP contribution in [0.25, 0.3) is 21.5 Å². The van der Waals surface area contributed by atoms with E-state index in [1.54, 1.807) is 15.9 Å². The molecule has 0 radical (unpaired) electrons. The number of thiophene rings is 1. The molecule has 38 heavy (non-hydrogen) atoms. The average Bonchev–Trinajstić information content (AvgIpc) is 3.44. The summed E-state index contributed by atoms with van der Waals surface area (Å²) in [6.45, 7) is 6.81. The Hall–Kier alpha value is -3.23. The summed E-state index contributed by atoms with van der Waals surface area (Å²) in [6, 6.07) is 14.7. The van der Waals surface area contributed by atoms with E-state index in [1.807, 2.05) is 19.2 Å². The van der Waals surface area contributed by atoms with Gasteiger partial charge in [0.1, 0.15) is 5.65 Å². The molecule has 2 aliphatic rings. The van der Waals surface area contributed by atoms with Crippen molar-refractivity contribution >= 4 is 39.7 Å². The van der Waals surface area contributed by atoms with Gasteiger partial charge in [0, 0.05) is 65.4 Å². The molecule has 6 rings (SSSR count). The van der Waals surface area contributed by atoms with Gasteiger partial charge in [-0.2, -0.15) is 4.98 Å². The lowest BCUT2D eigenvalue weighted by atomic mass is 9.88. The van der Waals surface area contributed by atoms with Gasteiger partial charge in [0.25, 0.3) is 5.56 Å². The van der Waals surface area contributed by atoms with Crippen molar-refractivity contribution in [3.8, 4) is 10.4 Å². The van der Waals surface area contributed by atoms with Crippen molar-refractivity contribution in [2.45, 2.75) is 51.5 Å². The smallest absolute Gasteiger partial charge is 0.260 e. The van der Waals surface area contributed by atoms with E-state index >= 15 is 0 Å². The maximum absolute atomic E-state index is 13.6. The molecule has 1 aromatic carbocycles. The third-order valence-electron chi connectivity index (χ3n) is 8.03. The van der Waals surface area contributed by atoms with Crippen LogP contribution >= 0.6 is 11.3 Å². The number of aryl methyl sites for hydroxylation is 1.